The Hall–Kier alpha value is -7.43. The molecule has 2 heterocycles. The molecule has 262 valence electrons. The van der Waals surface area contributed by atoms with Gasteiger partial charge in [0, 0.05) is 27.5 Å². The lowest BCUT2D eigenvalue weighted by Gasteiger charge is -2.33. The molecule has 0 atom stereocenters. The number of benzene rings is 8. The molecule has 0 unspecified atom stereocenters. The maximum absolute atomic E-state index is 6.78. The van der Waals surface area contributed by atoms with Crippen molar-refractivity contribution in [2.24, 2.45) is 0 Å². The smallest absolute Gasteiger partial charge is 0.164 e. The van der Waals surface area contributed by atoms with E-state index in [1.54, 1.807) is 0 Å². The lowest BCUT2D eigenvalue weighted by molar-refractivity contribution is 0.666. The van der Waals surface area contributed by atoms with Crippen molar-refractivity contribution in [3.8, 4) is 56.4 Å². The largest absolute Gasteiger partial charge is 0.456 e. The highest BCUT2D eigenvalue weighted by atomic mass is 16.3. The van der Waals surface area contributed by atoms with Gasteiger partial charge in [-0.2, -0.15) is 0 Å². The Labute approximate surface area is 324 Å². The molecule has 1 aliphatic carbocycles. The first kappa shape index (κ1) is 32.0. The molecule has 0 bridgehead atoms. The minimum Gasteiger partial charge on any atom is -0.456 e. The lowest BCUT2D eigenvalue weighted by Crippen LogP contribution is -2.28. The minimum atomic E-state index is -0.475. The van der Waals surface area contributed by atoms with Crippen LogP contribution in [0.1, 0.15) is 22.3 Å². The summed E-state index contributed by atoms with van der Waals surface area (Å²) in [5.41, 5.74) is 13.8. The van der Waals surface area contributed by atoms with Crippen LogP contribution in [0.25, 0.3) is 78.4 Å². The van der Waals surface area contributed by atoms with Crippen molar-refractivity contribution in [3.63, 3.8) is 0 Å². The zero-order valence-corrected chi connectivity index (χ0v) is 30.3. The molecule has 56 heavy (non-hydrogen) atoms. The van der Waals surface area contributed by atoms with Crippen LogP contribution in [0, 0.1) is 0 Å². The summed E-state index contributed by atoms with van der Waals surface area (Å²) >= 11 is 0. The average Bonchev–Trinajstić information content (AvgIpc) is 3.79. The number of hydrogen-bond donors (Lipinski definition) is 0. The normalized spacial score (nSPS) is 12.8. The maximum Gasteiger partial charge on any atom is 0.164 e. The Balaban J connectivity index is 1.01. The van der Waals surface area contributed by atoms with E-state index in [0.29, 0.717) is 17.5 Å². The Morgan fingerprint density at radius 3 is 1.38 bits per heavy atom. The van der Waals surface area contributed by atoms with Gasteiger partial charge < -0.3 is 4.42 Å². The Morgan fingerprint density at radius 1 is 0.321 bits per heavy atom. The number of fused-ring (bicyclic) bond motifs is 6. The van der Waals surface area contributed by atoms with Gasteiger partial charge in [0.05, 0.1) is 5.41 Å². The molecule has 8 aromatic carbocycles. The Bertz CT molecular complexity index is 2950. The summed E-state index contributed by atoms with van der Waals surface area (Å²) in [6.07, 6.45) is 0. The van der Waals surface area contributed by atoms with Crippen molar-refractivity contribution < 1.29 is 4.42 Å². The first-order valence-electron chi connectivity index (χ1n) is 18.9. The van der Waals surface area contributed by atoms with Crippen molar-refractivity contribution >= 4 is 21.9 Å². The van der Waals surface area contributed by atoms with E-state index in [-0.39, 0.29) is 0 Å². The Morgan fingerprint density at radius 2 is 0.786 bits per heavy atom. The van der Waals surface area contributed by atoms with E-state index in [9.17, 15) is 0 Å². The molecule has 0 fully saturated rings. The maximum atomic E-state index is 6.78. The fraction of sp³-hybridized carbons (Fsp3) is 0.0192. The molecule has 0 amide bonds. The molecule has 4 nitrogen and oxygen atoms in total. The lowest BCUT2D eigenvalue weighted by atomic mass is 9.67. The van der Waals surface area contributed by atoms with Crippen LogP contribution in [0.5, 0.6) is 0 Å². The fourth-order valence-electron chi connectivity index (χ4n) is 8.64. The molecule has 0 saturated heterocycles. The summed E-state index contributed by atoms with van der Waals surface area (Å²) in [5.74, 6) is 1.93. The molecule has 0 spiro atoms. The minimum absolute atomic E-state index is 0.475. The second-order valence-electron chi connectivity index (χ2n) is 14.4. The summed E-state index contributed by atoms with van der Waals surface area (Å²) in [4.78, 5) is 14.7. The van der Waals surface area contributed by atoms with Crippen molar-refractivity contribution in [1.82, 2.24) is 15.0 Å². The number of furan rings is 1. The van der Waals surface area contributed by atoms with E-state index < -0.39 is 5.41 Å². The van der Waals surface area contributed by atoms with Crippen molar-refractivity contribution in [3.05, 3.63) is 222 Å². The first-order valence-corrected chi connectivity index (χ1v) is 18.9. The molecule has 10 aromatic rings. The van der Waals surface area contributed by atoms with E-state index in [4.69, 9.17) is 19.4 Å². The average molecular weight is 716 g/mol. The molecule has 0 saturated carbocycles. The quantitative estimate of drug-likeness (QED) is 0.172. The van der Waals surface area contributed by atoms with Gasteiger partial charge in [-0.1, -0.05) is 176 Å². The third-order valence-corrected chi connectivity index (χ3v) is 11.2. The third kappa shape index (κ3) is 5.04. The standard InChI is InChI=1S/C52H33N3O/c1-5-15-35(16-6-1)49-53-50(36-17-7-2-8-18-36)55-51(54-49)37-27-25-34(26-28-37)38-29-30-42-44-32-43-41-23-13-14-24-45(41)52(39-19-9-3-10-20-39,40-21-11-4-12-22-40)46(43)33-48(44)56-47(42)31-38/h1-33H. The predicted octanol–water partition coefficient (Wildman–Crippen LogP) is 12.8. The summed E-state index contributed by atoms with van der Waals surface area (Å²) in [6.45, 7) is 0. The highest BCUT2D eigenvalue weighted by molar-refractivity contribution is 6.09. The summed E-state index contributed by atoms with van der Waals surface area (Å²) in [7, 11) is 0. The monoisotopic (exact) mass is 715 g/mol. The van der Waals surface area contributed by atoms with Crippen LogP contribution in [0.3, 0.4) is 0 Å². The molecule has 0 N–H and O–H groups in total. The molecule has 2 aromatic heterocycles. The highest BCUT2D eigenvalue weighted by Gasteiger charge is 2.46. The molecule has 11 rings (SSSR count). The second-order valence-corrected chi connectivity index (χ2v) is 14.4. The van der Waals surface area contributed by atoms with Crippen LogP contribution in [0.4, 0.5) is 0 Å². The van der Waals surface area contributed by atoms with Gasteiger partial charge in [-0.3, -0.25) is 0 Å². The zero-order valence-electron chi connectivity index (χ0n) is 30.3. The molecule has 0 radical (unpaired) electrons. The zero-order chi connectivity index (χ0) is 37.1. The molecular weight excluding hydrogens is 683 g/mol. The van der Waals surface area contributed by atoms with Gasteiger partial charge in [0.15, 0.2) is 17.5 Å². The fourth-order valence-corrected chi connectivity index (χ4v) is 8.64. The molecular formula is C52H33N3O. The SMILES string of the molecule is c1ccc(-c2nc(-c3ccccc3)nc(-c3ccc(-c4ccc5c(c4)oc4cc6c(cc45)-c4ccccc4C6(c4ccccc4)c4ccccc4)cc3)n2)cc1. The molecule has 4 heteroatoms. The second kappa shape index (κ2) is 12.9. The number of aromatic nitrogens is 3. The van der Waals surface area contributed by atoms with E-state index in [2.05, 4.69) is 140 Å². The Kier molecular flexibility index (Phi) is 7.36. The van der Waals surface area contributed by atoms with Crippen molar-refractivity contribution in [2.45, 2.75) is 5.41 Å². The van der Waals surface area contributed by atoms with Crippen LogP contribution in [-0.4, -0.2) is 15.0 Å². The molecule has 0 aliphatic heterocycles. The van der Waals surface area contributed by atoms with Gasteiger partial charge in [0.1, 0.15) is 11.2 Å². The number of rotatable bonds is 6. The predicted molar refractivity (Wildman–Crippen MR) is 226 cm³/mol. The van der Waals surface area contributed by atoms with Crippen LogP contribution in [0.15, 0.2) is 205 Å². The van der Waals surface area contributed by atoms with Crippen molar-refractivity contribution in [2.75, 3.05) is 0 Å². The summed E-state index contributed by atoms with van der Waals surface area (Å²) in [5, 5.41) is 2.22. The van der Waals surface area contributed by atoms with E-state index in [0.717, 1.165) is 49.8 Å². The van der Waals surface area contributed by atoms with Gasteiger partial charge in [-0.25, -0.2) is 15.0 Å². The number of nitrogens with zero attached hydrogens (tertiary/aromatic N) is 3. The summed E-state index contributed by atoms with van der Waals surface area (Å²) < 4.78 is 6.78. The highest BCUT2D eigenvalue weighted by Crippen LogP contribution is 2.57. The van der Waals surface area contributed by atoms with Gasteiger partial charge in [-0.05, 0) is 68.8 Å². The van der Waals surface area contributed by atoms with Gasteiger partial charge >= 0.3 is 0 Å². The van der Waals surface area contributed by atoms with Gasteiger partial charge in [0.2, 0.25) is 0 Å². The van der Waals surface area contributed by atoms with Gasteiger partial charge in [-0.15, -0.1) is 0 Å². The third-order valence-electron chi connectivity index (χ3n) is 11.2. The van der Waals surface area contributed by atoms with E-state index >= 15 is 0 Å². The van der Waals surface area contributed by atoms with Gasteiger partial charge in [0.25, 0.3) is 0 Å². The van der Waals surface area contributed by atoms with Crippen LogP contribution in [0.2, 0.25) is 0 Å². The number of hydrogen-bond acceptors (Lipinski definition) is 4. The summed E-state index contributed by atoms with van der Waals surface area (Å²) in [6, 6.07) is 70.4. The first-order chi connectivity index (χ1) is 27.7. The molecule has 1 aliphatic rings. The van der Waals surface area contributed by atoms with Crippen LogP contribution >= 0.6 is 0 Å². The van der Waals surface area contributed by atoms with Crippen LogP contribution < -0.4 is 0 Å². The van der Waals surface area contributed by atoms with E-state index in [1.165, 1.54) is 33.4 Å². The topological polar surface area (TPSA) is 51.8 Å². The van der Waals surface area contributed by atoms with E-state index in [1.807, 2.05) is 60.7 Å². The van der Waals surface area contributed by atoms with Crippen LogP contribution in [-0.2, 0) is 5.41 Å². The van der Waals surface area contributed by atoms with Crippen molar-refractivity contribution in [1.29, 1.82) is 0 Å².